The largest absolute Gasteiger partial charge is 0.389 e. The summed E-state index contributed by atoms with van der Waals surface area (Å²) in [6.45, 7) is 3.67. The van der Waals surface area contributed by atoms with Crippen molar-refractivity contribution < 1.29 is 13.2 Å². The normalized spacial score (nSPS) is 20.5. The molecule has 118 valence electrons. The van der Waals surface area contributed by atoms with Crippen LogP contribution in [0.4, 0.5) is 0 Å². The summed E-state index contributed by atoms with van der Waals surface area (Å²) in [4.78, 5) is 0.851. The number of thiophene rings is 1. The quantitative estimate of drug-likeness (QED) is 0.796. The maximum Gasteiger partial charge on any atom is 0.252 e. The molecule has 1 saturated heterocycles. The molecule has 1 aromatic heterocycles. The lowest BCUT2D eigenvalue weighted by Gasteiger charge is -2.31. The molecule has 1 aliphatic rings. The molecule has 0 spiro atoms. The van der Waals surface area contributed by atoms with Crippen molar-refractivity contribution in [3.63, 3.8) is 0 Å². The SMILES string of the molecule is CCCOC1CCCN(S(=O)(=O)c2ccc(C(N)=S)s2)C1. The summed E-state index contributed by atoms with van der Waals surface area (Å²) >= 11 is 6.01. The lowest BCUT2D eigenvalue weighted by Crippen LogP contribution is -2.43. The van der Waals surface area contributed by atoms with Crippen LogP contribution in [0.2, 0.25) is 0 Å². The van der Waals surface area contributed by atoms with Gasteiger partial charge in [0.15, 0.2) is 0 Å². The van der Waals surface area contributed by atoms with Crippen molar-refractivity contribution in [2.24, 2.45) is 5.73 Å². The van der Waals surface area contributed by atoms with E-state index < -0.39 is 10.0 Å². The summed E-state index contributed by atoms with van der Waals surface area (Å²) in [7, 11) is -3.48. The van der Waals surface area contributed by atoms with Gasteiger partial charge in [0, 0.05) is 19.7 Å². The summed E-state index contributed by atoms with van der Waals surface area (Å²) in [5, 5.41) is 0. The fraction of sp³-hybridized carbons (Fsp3) is 0.615. The highest BCUT2D eigenvalue weighted by atomic mass is 32.2. The second kappa shape index (κ2) is 7.15. The van der Waals surface area contributed by atoms with Gasteiger partial charge in [0.25, 0.3) is 10.0 Å². The summed E-state index contributed by atoms with van der Waals surface area (Å²) in [6, 6.07) is 3.24. The number of sulfonamides is 1. The molecule has 2 N–H and O–H groups in total. The van der Waals surface area contributed by atoms with Gasteiger partial charge in [-0.3, -0.25) is 0 Å². The van der Waals surface area contributed by atoms with Crippen molar-refractivity contribution >= 4 is 38.6 Å². The second-order valence-corrected chi connectivity index (χ2v) is 8.67. The minimum atomic E-state index is -3.48. The van der Waals surface area contributed by atoms with Crippen LogP contribution in [0.5, 0.6) is 0 Å². The molecule has 0 bridgehead atoms. The molecule has 2 heterocycles. The average molecular weight is 349 g/mol. The number of hydrogen-bond acceptors (Lipinski definition) is 5. The second-order valence-electron chi connectivity index (χ2n) is 4.98. The number of thiocarbonyl (C=S) groups is 1. The predicted molar refractivity (Wildman–Crippen MR) is 88.2 cm³/mol. The predicted octanol–water partition coefficient (Wildman–Crippen LogP) is 1.96. The minimum Gasteiger partial charge on any atom is -0.389 e. The van der Waals surface area contributed by atoms with Gasteiger partial charge < -0.3 is 10.5 Å². The first-order chi connectivity index (χ1) is 9.95. The fourth-order valence-corrected chi connectivity index (χ4v) is 5.28. The van der Waals surface area contributed by atoms with E-state index in [1.165, 1.54) is 4.31 Å². The molecule has 1 aromatic rings. The van der Waals surface area contributed by atoms with E-state index in [2.05, 4.69) is 0 Å². The maximum absolute atomic E-state index is 12.6. The summed E-state index contributed by atoms with van der Waals surface area (Å²) in [5.41, 5.74) is 5.54. The molecule has 1 unspecified atom stereocenters. The highest BCUT2D eigenvalue weighted by molar-refractivity contribution is 7.91. The third-order valence-electron chi connectivity index (χ3n) is 3.32. The van der Waals surface area contributed by atoms with Gasteiger partial charge in [-0.15, -0.1) is 11.3 Å². The van der Waals surface area contributed by atoms with Crippen LogP contribution in [0, 0.1) is 0 Å². The third-order valence-corrected chi connectivity index (χ3v) is 7.12. The standard InChI is InChI=1S/C13H20N2O3S3/c1-2-8-18-10-4-3-7-15(9-10)21(16,17)12-6-5-11(20-12)13(14)19/h5-6,10H,2-4,7-9H2,1H3,(H2,14,19). The molecule has 1 aliphatic heterocycles. The molecule has 21 heavy (non-hydrogen) atoms. The maximum atomic E-state index is 12.6. The Bertz CT molecular complexity index is 598. The van der Waals surface area contributed by atoms with Gasteiger partial charge in [0.2, 0.25) is 0 Å². The molecule has 1 fully saturated rings. The van der Waals surface area contributed by atoms with E-state index in [9.17, 15) is 8.42 Å². The van der Waals surface area contributed by atoms with Crippen molar-refractivity contribution in [2.75, 3.05) is 19.7 Å². The Balaban J connectivity index is 2.12. The molecule has 0 amide bonds. The molecule has 2 rings (SSSR count). The number of hydrogen-bond donors (Lipinski definition) is 1. The fourth-order valence-electron chi connectivity index (χ4n) is 2.26. The molecular formula is C13H20N2O3S3. The Morgan fingerprint density at radius 1 is 1.57 bits per heavy atom. The van der Waals surface area contributed by atoms with Crippen molar-refractivity contribution in [3.05, 3.63) is 17.0 Å². The number of nitrogens with zero attached hydrogens (tertiary/aromatic N) is 1. The summed E-state index contributed by atoms with van der Waals surface area (Å²) < 4.78 is 32.8. The topological polar surface area (TPSA) is 72.6 Å². The zero-order valence-electron chi connectivity index (χ0n) is 11.9. The Morgan fingerprint density at radius 3 is 2.95 bits per heavy atom. The molecule has 1 atom stereocenters. The van der Waals surface area contributed by atoms with Crippen molar-refractivity contribution in [3.8, 4) is 0 Å². The Kier molecular flexibility index (Phi) is 5.73. The first-order valence-electron chi connectivity index (χ1n) is 6.96. The van der Waals surface area contributed by atoms with E-state index in [4.69, 9.17) is 22.7 Å². The molecule has 0 aromatic carbocycles. The van der Waals surface area contributed by atoms with Gasteiger partial charge in [-0.25, -0.2) is 8.42 Å². The summed E-state index contributed by atoms with van der Waals surface area (Å²) in [5.74, 6) is 0. The molecule has 0 radical (unpaired) electrons. The van der Waals surface area contributed by atoms with Crippen molar-refractivity contribution in [1.82, 2.24) is 4.31 Å². The van der Waals surface area contributed by atoms with Gasteiger partial charge in [-0.05, 0) is 31.4 Å². The molecule has 8 heteroatoms. The van der Waals surface area contributed by atoms with E-state index in [-0.39, 0.29) is 11.1 Å². The van der Waals surface area contributed by atoms with Crippen LogP contribution in [0.25, 0.3) is 0 Å². The van der Waals surface area contributed by atoms with Crippen molar-refractivity contribution in [1.29, 1.82) is 0 Å². The van der Waals surface area contributed by atoms with Crippen LogP contribution >= 0.6 is 23.6 Å². The van der Waals surface area contributed by atoms with Gasteiger partial charge in [0.1, 0.15) is 9.20 Å². The molecular weight excluding hydrogens is 328 g/mol. The van der Waals surface area contributed by atoms with E-state index in [0.29, 0.717) is 28.8 Å². The number of nitrogens with two attached hydrogens (primary N) is 1. The van der Waals surface area contributed by atoms with Crippen LogP contribution in [-0.4, -0.2) is 43.5 Å². The molecule has 0 saturated carbocycles. The first kappa shape index (κ1) is 16.8. The summed E-state index contributed by atoms with van der Waals surface area (Å²) in [6.07, 6.45) is 2.66. The highest BCUT2D eigenvalue weighted by Gasteiger charge is 2.31. The highest BCUT2D eigenvalue weighted by Crippen LogP contribution is 2.27. The molecule has 5 nitrogen and oxygen atoms in total. The van der Waals surface area contributed by atoms with E-state index >= 15 is 0 Å². The number of piperidine rings is 1. The van der Waals surface area contributed by atoms with E-state index in [1.807, 2.05) is 6.92 Å². The number of rotatable bonds is 6. The average Bonchev–Trinajstić information content (AvgIpc) is 2.96. The van der Waals surface area contributed by atoms with Gasteiger partial charge in [0.05, 0.1) is 11.0 Å². The Labute approximate surface area is 135 Å². The van der Waals surface area contributed by atoms with Crippen LogP contribution in [0.3, 0.4) is 0 Å². The lowest BCUT2D eigenvalue weighted by molar-refractivity contribution is 0.0194. The van der Waals surface area contributed by atoms with Crippen LogP contribution in [0.1, 0.15) is 31.1 Å². The minimum absolute atomic E-state index is 0.0107. The van der Waals surface area contributed by atoms with Crippen LogP contribution in [-0.2, 0) is 14.8 Å². The Morgan fingerprint density at radius 2 is 2.33 bits per heavy atom. The zero-order valence-corrected chi connectivity index (χ0v) is 14.4. The van der Waals surface area contributed by atoms with Gasteiger partial charge >= 0.3 is 0 Å². The van der Waals surface area contributed by atoms with Gasteiger partial charge in [-0.1, -0.05) is 19.1 Å². The van der Waals surface area contributed by atoms with E-state index in [0.717, 1.165) is 30.6 Å². The zero-order chi connectivity index (χ0) is 15.5. The molecule has 0 aliphatic carbocycles. The van der Waals surface area contributed by atoms with E-state index in [1.54, 1.807) is 12.1 Å². The lowest BCUT2D eigenvalue weighted by atomic mass is 10.1. The number of ether oxygens (including phenoxy) is 1. The van der Waals surface area contributed by atoms with Crippen LogP contribution in [0.15, 0.2) is 16.3 Å². The first-order valence-corrected chi connectivity index (χ1v) is 9.63. The Hall–Kier alpha value is -0.540. The van der Waals surface area contributed by atoms with Crippen LogP contribution < -0.4 is 5.73 Å². The smallest absolute Gasteiger partial charge is 0.252 e. The van der Waals surface area contributed by atoms with Gasteiger partial charge in [-0.2, -0.15) is 4.31 Å². The monoisotopic (exact) mass is 348 g/mol. The van der Waals surface area contributed by atoms with Crippen molar-refractivity contribution in [2.45, 2.75) is 36.5 Å². The third kappa shape index (κ3) is 4.01.